The zero-order valence-corrected chi connectivity index (χ0v) is 21.0. The molecule has 0 amide bonds. The molecule has 1 fully saturated rings. The summed E-state index contributed by atoms with van der Waals surface area (Å²) in [5.41, 5.74) is 2.91. The van der Waals surface area contributed by atoms with Crippen molar-refractivity contribution in [2.24, 2.45) is 11.8 Å². The molecule has 3 aliphatic rings. The van der Waals surface area contributed by atoms with Gasteiger partial charge in [-0.1, -0.05) is 26.2 Å². The van der Waals surface area contributed by atoms with E-state index in [1.54, 1.807) is 0 Å². The molecular weight excluding hydrogens is 464 g/mol. The molecule has 0 radical (unpaired) electrons. The minimum absolute atomic E-state index is 0.0491. The van der Waals surface area contributed by atoms with Crippen molar-refractivity contribution in [1.29, 1.82) is 0 Å². The Hall–Kier alpha value is -3.42. The van der Waals surface area contributed by atoms with Crippen LogP contribution in [0.5, 0.6) is 28.7 Å². The third-order valence-electron chi connectivity index (χ3n) is 7.32. The van der Waals surface area contributed by atoms with Gasteiger partial charge in [-0.25, -0.2) is 0 Å². The van der Waals surface area contributed by atoms with Crippen molar-refractivity contribution >= 4 is 11.9 Å². The number of hydrogen-bond donors (Lipinski definition) is 0. The highest BCUT2D eigenvalue weighted by molar-refractivity contribution is 5.79. The smallest absolute Gasteiger partial charge is 0.311 e. The maximum absolute atomic E-state index is 12.9. The molecule has 0 saturated carbocycles. The first-order valence-electron chi connectivity index (χ1n) is 12.6. The van der Waals surface area contributed by atoms with Crippen LogP contribution < -0.4 is 23.7 Å². The average Bonchev–Trinajstić information content (AvgIpc) is 3.50. The van der Waals surface area contributed by atoms with Gasteiger partial charge in [-0.15, -0.1) is 0 Å². The molecule has 0 aromatic heterocycles. The molecule has 8 nitrogen and oxygen atoms in total. The molecular formula is C28H32O8. The highest BCUT2D eigenvalue weighted by atomic mass is 16.7. The SMILES string of the molecule is CCCCCCC(=O)Oc1c(OC)cc([C@@H]2c3cc4c(cc3C[C@H]3COC(=O)[C@@H]32)OCO4)cc1OC. The number of esters is 2. The van der Waals surface area contributed by atoms with E-state index in [0.29, 0.717) is 36.0 Å². The Morgan fingerprint density at radius 2 is 1.69 bits per heavy atom. The van der Waals surface area contributed by atoms with Gasteiger partial charge in [0.05, 0.1) is 26.7 Å². The van der Waals surface area contributed by atoms with Gasteiger partial charge >= 0.3 is 11.9 Å². The number of ether oxygens (including phenoxy) is 6. The number of hydrogen-bond acceptors (Lipinski definition) is 8. The topological polar surface area (TPSA) is 89.5 Å². The Labute approximate surface area is 210 Å². The third kappa shape index (κ3) is 4.45. The number of benzene rings is 2. The lowest BCUT2D eigenvalue weighted by Gasteiger charge is -2.34. The molecule has 0 unspecified atom stereocenters. The van der Waals surface area contributed by atoms with Crippen LogP contribution in [-0.4, -0.2) is 39.6 Å². The minimum Gasteiger partial charge on any atom is -0.493 e. The molecule has 36 heavy (non-hydrogen) atoms. The van der Waals surface area contributed by atoms with E-state index in [1.807, 2.05) is 24.3 Å². The Morgan fingerprint density at radius 3 is 2.39 bits per heavy atom. The van der Waals surface area contributed by atoms with E-state index < -0.39 is 0 Å². The number of carbonyl (C=O) groups is 2. The summed E-state index contributed by atoms with van der Waals surface area (Å²) < 4.78 is 33.7. The van der Waals surface area contributed by atoms with Crippen LogP contribution >= 0.6 is 0 Å². The van der Waals surface area contributed by atoms with E-state index >= 15 is 0 Å². The molecule has 0 spiro atoms. The van der Waals surface area contributed by atoms with E-state index in [9.17, 15) is 9.59 Å². The third-order valence-corrected chi connectivity index (χ3v) is 7.32. The lowest BCUT2D eigenvalue weighted by molar-refractivity contribution is -0.141. The fraction of sp³-hybridized carbons (Fsp3) is 0.500. The fourth-order valence-corrected chi connectivity index (χ4v) is 5.55. The molecule has 3 atom stereocenters. The Bertz CT molecular complexity index is 1130. The first-order valence-corrected chi connectivity index (χ1v) is 12.6. The summed E-state index contributed by atoms with van der Waals surface area (Å²) in [4.78, 5) is 25.4. The largest absolute Gasteiger partial charge is 0.493 e. The van der Waals surface area contributed by atoms with Gasteiger partial charge in [0.2, 0.25) is 12.5 Å². The second kappa shape index (κ2) is 10.3. The first kappa shape index (κ1) is 24.3. The summed E-state index contributed by atoms with van der Waals surface area (Å²) in [5, 5.41) is 0. The van der Waals surface area contributed by atoms with Gasteiger partial charge in [0.15, 0.2) is 23.0 Å². The van der Waals surface area contributed by atoms with Crippen molar-refractivity contribution in [2.75, 3.05) is 27.6 Å². The summed E-state index contributed by atoms with van der Waals surface area (Å²) in [6.07, 6.45) is 4.99. The van der Waals surface area contributed by atoms with E-state index in [0.717, 1.165) is 48.8 Å². The fourth-order valence-electron chi connectivity index (χ4n) is 5.55. The molecule has 192 valence electrons. The minimum atomic E-state index is -0.348. The molecule has 0 bridgehead atoms. The van der Waals surface area contributed by atoms with Crippen LogP contribution in [-0.2, 0) is 20.7 Å². The summed E-state index contributed by atoms with van der Waals surface area (Å²) >= 11 is 0. The molecule has 8 heteroatoms. The van der Waals surface area contributed by atoms with Crippen LogP contribution in [0.4, 0.5) is 0 Å². The van der Waals surface area contributed by atoms with Crippen LogP contribution in [0.1, 0.15) is 61.6 Å². The number of cyclic esters (lactones) is 1. The molecule has 2 heterocycles. The molecule has 2 aromatic rings. The van der Waals surface area contributed by atoms with Crippen molar-refractivity contribution in [1.82, 2.24) is 0 Å². The average molecular weight is 497 g/mol. The van der Waals surface area contributed by atoms with Gasteiger partial charge in [-0.05, 0) is 53.8 Å². The van der Waals surface area contributed by atoms with Crippen molar-refractivity contribution < 1.29 is 38.0 Å². The maximum atomic E-state index is 12.9. The molecule has 1 aliphatic carbocycles. The molecule has 0 N–H and O–H groups in total. The van der Waals surface area contributed by atoms with Crippen molar-refractivity contribution in [3.8, 4) is 28.7 Å². The standard InChI is InChI=1S/C28H32O8/c1-4-5-6-7-8-24(29)36-27-22(31-2)11-17(12-23(27)32-3)25-19-13-21-20(34-15-35-21)10-16(19)9-18-14-33-28(30)26(18)25/h10-13,18,25-26H,4-9,14-15H2,1-3H3/t18-,25+,26-/m0/s1. The normalized spacial score (nSPS) is 21.4. The van der Waals surface area contributed by atoms with Crippen molar-refractivity contribution in [3.05, 3.63) is 41.0 Å². The number of methoxy groups -OCH3 is 2. The molecule has 5 rings (SSSR count). The zero-order valence-electron chi connectivity index (χ0n) is 21.0. The number of unbranched alkanes of at least 4 members (excludes halogenated alkanes) is 3. The van der Waals surface area contributed by atoms with Gasteiger partial charge in [-0.3, -0.25) is 9.59 Å². The Kier molecular flexibility index (Phi) is 6.94. The second-order valence-corrected chi connectivity index (χ2v) is 9.54. The first-order chi connectivity index (χ1) is 17.5. The number of fused-ring (bicyclic) bond motifs is 3. The zero-order chi connectivity index (χ0) is 25.2. The maximum Gasteiger partial charge on any atom is 0.311 e. The molecule has 2 aliphatic heterocycles. The van der Waals surface area contributed by atoms with Crippen molar-refractivity contribution in [3.63, 3.8) is 0 Å². The summed E-state index contributed by atoms with van der Waals surface area (Å²) in [5.74, 6) is 1.24. The number of rotatable bonds is 9. The van der Waals surface area contributed by atoms with Gasteiger partial charge < -0.3 is 28.4 Å². The predicted octanol–water partition coefficient (Wildman–Crippen LogP) is 4.79. The van der Waals surface area contributed by atoms with Crippen molar-refractivity contribution in [2.45, 2.75) is 51.4 Å². The molecule has 1 saturated heterocycles. The van der Waals surface area contributed by atoms with Gasteiger partial charge in [-0.2, -0.15) is 0 Å². The van der Waals surface area contributed by atoms with E-state index in [2.05, 4.69) is 6.92 Å². The Morgan fingerprint density at radius 1 is 0.972 bits per heavy atom. The lowest BCUT2D eigenvalue weighted by Crippen LogP contribution is -2.31. The van der Waals surface area contributed by atoms with Crippen LogP contribution in [0.2, 0.25) is 0 Å². The second-order valence-electron chi connectivity index (χ2n) is 9.54. The summed E-state index contributed by atoms with van der Waals surface area (Å²) in [7, 11) is 3.05. The predicted molar refractivity (Wildman–Crippen MR) is 130 cm³/mol. The van der Waals surface area contributed by atoms with Crippen LogP contribution in [0.25, 0.3) is 0 Å². The monoisotopic (exact) mass is 496 g/mol. The van der Waals surface area contributed by atoms with E-state index in [1.165, 1.54) is 14.2 Å². The van der Waals surface area contributed by atoms with E-state index in [4.69, 9.17) is 28.4 Å². The van der Waals surface area contributed by atoms with Crippen LogP contribution in [0.15, 0.2) is 24.3 Å². The molecule has 2 aromatic carbocycles. The van der Waals surface area contributed by atoms with Gasteiger partial charge in [0, 0.05) is 18.3 Å². The lowest BCUT2D eigenvalue weighted by atomic mass is 9.67. The number of carbonyl (C=O) groups excluding carboxylic acids is 2. The van der Waals surface area contributed by atoms with Gasteiger partial charge in [0.25, 0.3) is 0 Å². The summed E-state index contributed by atoms with van der Waals surface area (Å²) in [6, 6.07) is 7.63. The van der Waals surface area contributed by atoms with Gasteiger partial charge in [0.1, 0.15) is 0 Å². The Balaban J connectivity index is 1.52. The van der Waals surface area contributed by atoms with Crippen LogP contribution in [0, 0.1) is 11.8 Å². The highest BCUT2D eigenvalue weighted by Gasteiger charge is 2.48. The van der Waals surface area contributed by atoms with E-state index in [-0.39, 0.29) is 42.2 Å². The quantitative estimate of drug-likeness (QED) is 0.278. The highest BCUT2D eigenvalue weighted by Crippen LogP contribution is 2.52. The summed E-state index contributed by atoms with van der Waals surface area (Å²) in [6.45, 7) is 2.69. The van der Waals surface area contributed by atoms with Crippen LogP contribution in [0.3, 0.4) is 0 Å².